The molecule has 0 amide bonds. The van der Waals surface area contributed by atoms with E-state index in [9.17, 15) is 0 Å². The van der Waals surface area contributed by atoms with E-state index in [1.165, 1.54) is 6.38 Å². The Bertz CT molecular complexity index is 18.8. The molecule has 0 heterocycles. The number of methoxy groups -OCH3 is 1. The maximum atomic E-state index is 5.18. The number of ether oxygens (including phenoxy) is 1. The Kier molecular flexibility index (Phi) is 49.6. The summed E-state index contributed by atoms with van der Waals surface area (Å²) in [5.41, 5.74) is 0. The molecule has 0 saturated carbocycles. The fraction of sp³-hybridized carbons (Fsp3) is 1.00. The van der Waals surface area contributed by atoms with Gasteiger partial charge < -0.3 is 4.74 Å². The van der Waals surface area contributed by atoms with Gasteiger partial charge in [0.1, 0.15) is 0 Å². The molecule has 0 saturated heterocycles. The maximum absolute atomic E-state index is 5.18. The lowest BCUT2D eigenvalue weighted by molar-refractivity contribution is 0.218. The van der Waals surface area contributed by atoms with Crippen LogP contribution in [0.1, 0.15) is 0 Å². The summed E-state index contributed by atoms with van der Waals surface area (Å²) in [5.74, 6) is 0.594. The van der Waals surface area contributed by atoms with Gasteiger partial charge in [0.2, 0.25) is 0 Å². The average Bonchev–Trinajstić information content (AvgIpc) is 1.75. The summed E-state index contributed by atoms with van der Waals surface area (Å²) < 4.78 is 4.56. The number of rotatable bonds is 2. The highest BCUT2D eigenvalue weighted by molar-refractivity contribution is 6.17. The standard InChI is InChI=1S/C3H7ClO.CH3Cl.ClH/c1-5-3-2-4;1-2;/h2-3H2,1H3;1H3;1H. The van der Waals surface area contributed by atoms with Crippen LogP contribution < -0.4 is 0 Å². The number of hydrogen-bond acceptors (Lipinski definition) is 1. The van der Waals surface area contributed by atoms with E-state index >= 15 is 0 Å². The summed E-state index contributed by atoms with van der Waals surface area (Å²) in [5, 5.41) is 0. The summed E-state index contributed by atoms with van der Waals surface area (Å²) in [6.07, 6.45) is 1.47. The van der Waals surface area contributed by atoms with Gasteiger partial charge in [0.05, 0.1) is 6.61 Å². The molecule has 0 aliphatic rings. The number of hydrogen-bond donors (Lipinski definition) is 0. The quantitative estimate of drug-likeness (QED) is 0.593. The molecule has 54 valence electrons. The molecular weight excluding hydrogens is 170 g/mol. The second kappa shape index (κ2) is 24.9. The Morgan fingerprint density at radius 2 is 1.75 bits per heavy atom. The van der Waals surface area contributed by atoms with Gasteiger partial charge in [-0.2, -0.15) is 0 Å². The number of alkyl halides is 2. The molecule has 0 aliphatic carbocycles. The van der Waals surface area contributed by atoms with Gasteiger partial charge in [0.15, 0.2) is 0 Å². The summed E-state index contributed by atoms with van der Waals surface area (Å²) >= 11 is 9.82. The van der Waals surface area contributed by atoms with Crippen LogP contribution in [0.4, 0.5) is 0 Å². The first-order valence-corrected chi connectivity index (χ1v) is 3.13. The zero-order chi connectivity index (χ0) is 6.12. The minimum Gasteiger partial charge on any atom is -0.383 e. The van der Waals surface area contributed by atoms with E-state index in [-0.39, 0.29) is 12.4 Å². The monoisotopic (exact) mass is 180 g/mol. The van der Waals surface area contributed by atoms with Crippen molar-refractivity contribution >= 4 is 35.6 Å². The van der Waals surface area contributed by atoms with E-state index in [4.69, 9.17) is 11.6 Å². The van der Waals surface area contributed by atoms with Crippen LogP contribution in [0.15, 0.2) is 0 Å². The molecular formula is C4H11Cl3O. The van der Waals surface area contributed by atoms with Crippen molar-refractivity contribution in [1.82, 2.24) is 0 Å². The van der Waals surface area contributed by atoms with Crippen LogP contribution in [0.25, 0.3) is 0 Å². The molecule has 0 aromatic carbocycles. The molecule has 0 aromatic rings. The van der Waals surface area contributed by atoms with Crippen LogP contribution in [0, 0.1) is 0 Å². The van der Waals surface area contributed by atoms with Crippen LogP contribution in [0.2, 0.25) is 0 Å². The molecule has 0 N–H and O–H groups in total. The SMILES string of the molecule is CCl.COCCCl.Cl. The first-order valence-electron chi connectivity index (χ1n) is 1.84. The largest absolute Gasteiger partial charge is 0.383 e. The zero-order valence-corrected chi connectivity index (χ0v) is 7.31. The zero-order valence-electron chi connectivity index (χ0n) is 4.99. The van der Waals surface area contributed by atoms with Gasteiger partial charge in [-0.25, -0.2) is 0 Å². The van der Waals surface area contributed by atoms with E-state index in [1.807, 2.05) is 0 Å². The van der Waals surface area contributed by atoms with Crippen LogP contribution in [-0.4, -0.2) is 26.0 Å². The normalized spacial score (nSPS) is 6.00. The first-order chi connectivity index (χ1) is 3.41. The molecule has 0 unspecified atom stereocenters. The molecule has 8 heavy (non-hydrogen) atoms. The van der Waals surface area contributed by atoms with E-state index in [0.29, 0.717) is 12.5 Å². The Hall–Kier alpha value is 0.830. The van der Waals surface area contributed by atoms with Gasteiger partial charge >= 0.3 is 0 Å². The summed E-state index contributed by atoms with van der Waals surface area (Å²) in [7, 11) is 1.63. The molecule has 0 aliphatic heterocycles. The van der Waals surface area contributed by atoms with Gasteiger partial charge in [0.25, 0.3) is 0 Å². The summed E-state index contributed by atoms with van der Waals surface area (Å²) in [4.78, 5) is 0. The Labute approximate surface area is 66.7 Å². The van der Waals surface area contributed by atoms with E-state index in [0.717, 1.165) is 0 Å². The lowest BCUT2D eigenvalue weighted by Crippen LogP contribution is -1.85. The minimum absolute atomic E-state index is 0. The lowest BCUT2D eigenvalue weighted by Gasteiger charge is -1.82. The van der Waals surface area contributed by atoms with Crippen LogP contribution in [0.3, 0.4) is 0 Å². The number of halogens is 3. The third-order valence-electron chi connectivity index (χ3n) is 0.281. The molecule has 4 heteroatoms. The average molecular weight is 181 g/mol. The van der Waals surface area contributed by atoms with Crippen molar-refractivity contribution in [1.29, 1.82) is 0 Å². The Morgan fingerprint density at radius 1 is 1.38 bits per heavy atom. The molecule has 0 spiro atoms. The van der Waals surface area contributed by atoms with E-state index < -0.39 is 0 Å². The second-order valence-corrected chi connectivity index (χ2v) is 1.06. The van der Waals surface area contributed by atoms with Gasteiger partial charge in [-0.05, 0) is 0 Å². The third kappa shape index (κ3) is 29.0. The highest BCUT2D eigenvalue weighted by Gasteiger charge is 1.68. The molecule has 0 rings (SSSR count). The molecule has 0 atom stereocenters. The van der Waals surface area contributed by atoms with Crippen LogP contribution in [0.5, 0.6) is 0 Å². The molecule has 0 aromatic heterocycles. The van der Waals surface area contributed by atoms with Crippen LogP contribution >= 0.6 is 35.6 Å². The Morgan fingerprint density at radius 3 is 1.75 bits per heavy atom. The van der Waals surface area contributed by atoms with E-state index in [2.05, 4.69) is 16.3 Å². The lowest BCUT2D eigenvalue weighted by atomic mass is 10.9. The topological polar surface area (TPSA) is 9.23 Å². The Balaban J connectivity index is -0.0000000750. The van der Waals surface area contributed by atoms with Crippen molar-refractivity contribution in [3.63, 3.8) is 0 Å². The second-order valence-electron chi connectivity index (χ2n) is 0.682. The fourth-order valence-electron chi connectivity index (χ4n) is 0.0772. The molecule has 0 fully saturated rings. The predicted molar refractivity (Wildman–Crippen MR) is 41.6 cm³/mol. The van der Waals surface area contributed by atoms with E-state index in [1.54, 1.807) is 7.11 Å². The smallest absolute Gasteiger partial charge is 0.0597 e. The van der Waals surface area contributed by atoms with Crippen molar-refractivity contribution in [2.45, 2.75) is 0 Å². The van der Waals surface area contributed by atoms with Crippen molar-refractivity contribution in [2.75, 3.05) is 26.0 Å². The van der Waals surface area contributed by atoms with Gasteiger partial charge in [-0.1, -0.05) is 0 Å². The summed E-state index contributed by atoms with van der Waals surface area (Å²) in [6, 6.07) is 0. The minimum atomic E-state index is 0. The highest BCUT2D eigenvalue weighted by Crippen LogP contribution is 1.70. The third-order valence-corrected chi connectivity index (χ3v) is 0.436. The highest BCUT2D eigenvalue weighted by atomic mass is 35.5. The molecule has 0 radical (unpaired) electrons. The first kappa shape index (κ1) is 15.9. The van der Waals surface area contributed by atoms with Gasteiger partial charge in [-0.3, -0.25) is 0 Å². The van der Waals surface area contributed by atoms with Crippen molar-refractivity contribution < 1.29 is 4.74 Å². The summed E-state index contributed by atoms with van der Waals surface area (Å²) in [6.45, 7) is 0.654. The maximum Gasteiger partial charge on any atom is 0.0597 e. The van der Waals surface area contributed by atoms with Gasteiger partial charge in [0, 0.05) is 19.4 Å². The van der Waals surface area contributed by atoms with Crippen LogP contribution in [-0.2, 0) is 4.74 Å². The van der Waals surface area contributed by atoms with Crippen molar-refractivity contribution in [3.05, 3.63) is 0 Å². The fourth-order valence-corrected chi connectivity index (χ4v) is 0.231. The molecule has 0 bridgehead atoms. The predicted octanol–water partition coefficient (Wildman–Crippen LogP) is 2.15. The molecule has 1 nitrogen and oxygen atoms in total. The van der Waals surface area contributed by atoms with Gasteiger partial charge in [-0.15, -0.1) is 35.6 Å². The van der Waals surface area contributed by atoms with Crippen molar-refractivity contribution in [2.24, 2.45) is 0 Å². The van der Waals surface area contributed by atoms with Crippen molar-refractivity contribution in [3.8, 4) is 0 Å².